The highest BCUT2D eigenvalue weighted by Crippen LogP contribution is 2.18. The number of carbonyl (C=O) groups is 2. The minimum absolute atomic E-state index is 0.107. The number of benzene rings is 3. The highest BCUT2D eigenvalue weighted by atomic mass is 16.2. The quantitative estimate of drug-likeness (QED) is 0.490. The van der Waals surface area contributed by atoms with Crippen LogP contribution in [0.3, 0.4) is 0 Å². The average molecular weight is 388 g/mol. The Morgan fingerprint density at radius 1 is 0.724 bits per heavy atom. The maximum atomic E-state index is 12.0. The summed E-state index contributed by atoms with van der Waals surface area (Å²) >= 11 is 0. The third kappa shape index (κ3) is 6.70. The molecule has 0 bridgehead atoms. The van der Waals surface area contributed by atoms with Gasteiger partial charge >= 0.3 is 6.03 Å². The molecule has 3 amide bonds. The Kier molecular flexibility index (Phi) is 6.84. The van der Waals surface area contributed by atoms with Crippen LogP contribution in [-0.4, -0.2) is 18.5 Å². The Bertz CT molecular complexity index is 939. The van der Waals surface area contributed by atoms with Gasteiger partial charge < -0.3 is 21.3 Å². The molecule has 6 heteroatoms. The predicted molar refractivity (Wildman–Crippen MR) is 116 cm³/mol. The lowest BCUT2D eigenvalue weighted by molar-refractivity contribution is -0.115. The van der Waals surface area contributed by atoms with E-state index < -0.39 is 0 Å². The average Bonchev–Trinajstić information content (AvgIpc) is 2.74. The van der Waals surface area contributed by atoms with Gasteiger partial charge in [-0.1, -0.05) is 48.0 Å². The van der Waals surface area contributed by atoms with Crippen LogP contribution < -0.4 is 21.3 Å². The smallest absolute Gasteiger partial charge is 0.315 e. The molecule has 0 unspecified atom stereocenters. The van der Waals surface area contributed by atoms with Crippen molar-refractivity contribution < 1.29 is 9.59 Å². The molecule has 0 atom stereocenters. The first kappa shape index (κ1) is 19.9. The number of nitrogens with one attached hydrogen (secondary N) is 4. The number of carbonyl (C=O) groups excluding carboxylic acids is 2. The van der Waals surface area contributed by atoms with Gasteiger partial charge in [0, 0.05) is 23.6 Å². The summed E-state index contributed by atoms with van der Waals surface area (Å²) in [5.74, 6) is -0.292. The highest BCUT2D eigenvalue weighted by molar-refractivity contribution is 5.94. The van der Waals surface area contributed by atoms with E-state index in [0.29, 0.717) is 12.2 Å². The number of rotatable bonds is 7. The van der Waals surface area contributed by atoms with E-state index in [1.54, 1.807) is 12.1 Å². The monoisotopic (exact) mass is 388 g/mol. The molecule has 0 saturated carbocycles. The van der Waals surface area contributed by atoms with Crippen LogP contribution in [0.25, 0.3) is 0 Å². The molecule has 0 aliphatic rings. The number of hydrogen-bond donors (Lipinski definition) is 4. The fraction of sp³-hybridized carbons (Fsp3) is 0.130. The van der Waals surface area contributed by atoms with Gasteiger partial charge in [0.05, 0.1) is 6.54 Å². The molecule has 0 heterocycles. The van der Waals surface area contributed by atoms with E-state index >= 15 is 0 Å². The van der Waals surface area contributed by atoms with Crippen molar-refractivity contribution in [1.82, 2.24) is 10.6 Å². The minimum atomic E-state index is -0.386. The van der Waals surface area contributed by atoms with Crippen molar-refractivity contribution >= 4 is 29.0 Å². The van der Waals surface area contributed by atoms with Gasteiger partial charge in [0.2, 0.25) is 5.91 Å². The van der Waals surface area contributed by atoms with Crippen molar-refractivity contribution in [2.75, 3.05) is 17.2 Å². The van der Waals surface area contributed by atoms with Crippen molar-refractivity contribution in [2.45, 2.75) is 13.5 Å². The Hall–Kier alpha value is -3.80. The number of anilines is 3. The zero-order chi connectivity index (χ0) is 20.5. The molecule has 4 N–H and O–H groups in total. The first-order valence-corrected chi connectivity index (χ1v) is 9.38. The maximum absolute atomic E-state index is 12.0. The van der Waals surface area contributed by atoms with Gasteiger partial charge in [-0.05, 0) is 48.9 Å². The molecule has 3 rings (SSSR count). The second-order valence-corrected chi connectivity index (χ2v) is 6.64. The molecule has 29 heavy (non-hydrogen) atoms. The normalized spacial score (nSPS) is 10.1. The second-order valence-electron chi connectivity index (χ2n) is 6.64. The van der Waals surface area contributed by atoms with Gasteiger partial charge in [-0.2, -0.15) is 0 Å². The van der Waals surface area contributed by atoms with Gasteiger partial charge in [-0.25, -0.2) is 4.79 Å². The van der Waals surface area contributed by atoms with Gasteiger partial charge in [0.25, 0.3) is 0 Å². The van der Waals surface area contributed by atoms with Crippen molar-refractivity contribution in [3.05, 3.63) is 90.0 Å². The van der Waals surface area contributed by atoms with Crippen molar-refractivity contribution in [3.8, 4) is 0 Å². The summed E-state index contributed by atoms with van der Waals surface area (Å²) in [6.45, 7) is 2.31. The van der Waals surface area contributed by atoms with Crippen LogP contribution in [0.2, 0.25) is 0 Å². The SMILES string of the molecule is Cc1ccc(CNC(=O)NCC(=O)Nc2ccc(Nc3ccccc3)cc2)cc1. The molecule has 0 aromatic heterocycles. The Morgan fingerprint density at radius 2 is 1.34 bits per heavy atom. The lowest BCUT2D eigenvalue weighted by Gasteiger charge is -2.10. The molecular weight excluding hydrogens is 364 g/mol. The minimum Gasteiger partial charge on any atom is -0.356 e. The van der Waals surface area contributed by atoms with E-state index in [-0.39, 0.29) is 18.5 Å². The molecule has 6 nitrogen and oxygen atoms in total. The first-order valence-electron chi connectivity index (χ1n) is 9.38. The van der Waals surface area contributed by atoms with Crippen molar-refractivity contribution in [2.24, 2.45) is 0 Å². The standard InChI is InChI=1S/C23H24N4O2/c1-17-7-9-18(10-8-17)15-24-23(29)25-16-22(28)27-21-13-11-20(12-14-21)26-19-5-3-2-4-6-19/h2-14,26H,15-16H2,1H3,(H,27,28)(H2,24,25,29). The number of hydrogen-bond acceptors (Lipinski definition) is 3. The van der Waals surface area contributed by atoms with E-state index in [9.17, 15) is 9.59 Å². The number of urea groups is 1. The van der Waals surface area contributed by atoms with Crippen molar-refractivity contribution in [3.63, 3.8) is 0 Å². The Balaban J connectivity index is 1.39. The molecule has 0 radical (unpaired) electrons. The van der Waals surface area contributed by atoms with Crippen LogP contribution in [0, 0.1) is 6.92 Å². The van der Waals surface area contributed by atoms with Crippen LogP contribution in [-0.2, 0) is 11.3 Å². The van der Waals surface area contributed by atoms with Crippen molar-refractivity contribution in [1.29, 1.82) is 0 Å². The fourth-order valence-electron chi connectivity index (χ4n) is 2.64. The van der Waals surface area contributed by atoms with Crippen LogP contribution in [0.1, 0.15) is 11.1 Å². The number of amides is 3. The Labute approximate surface area is 170 Å². The summed E-state index contributed by atoms with van der Waals surface area (Å²) in [6.07, 6.45) is 0. The lowest BCUT2D eigenvalue weighted by atomic mass is 10.1. The topological polar surface area (TPSA) is 82.3 Å². The van der Waals surface area contributed by atoms with E-state index in [0.717, 1.165) is 16.9 Å². The van der Waals surface area contributed by atoms with Gasteiger partial charge in [0.15, 0.2) is 0 Å². The maximum Gasteiger partial charge on any atom is 0.315 e. The van der Waals surface area contributed by atoms with Gasteiger partial charge in [0.1, 0.15) is 0 Å². The van der Waals surface area contributed by atoms with Crippen LogP contribution in [0.15, 0.2) is 78.9 Å². The van der Waals surface area contributed by atoms with Crippen LogP contribution >= 0.6 is 0 Å². The number of para-hydroxylation sites is 1. The predicted octanol–water partition coefficient (Wildman–Crippen LogP) is 4.18. The highest BCUT2D eigenvalue weighted by Gasteiger charge is 2.06. The van der Waals surface area contributed by atoms with Gasteiger partial charge in [-0.3, -0.25) is 4.79 Å². The van der Waals surface area contributed by atoms with E-state index in [4.69, 9.17) is 0 Å². The van der Waals surface area contributed by atoms with E-state index in [1.165, 1.54) is 5.56 Å². The summed E-state index contributed by atoms with van der Waals surface area (Å²) < 4.78 is 0. The zero-order valence-electron chi connectivity index (χ0n) is 16.2. The Morgan fingerprint density at radius 3 is 2.03 bits per heavy atom. The molecule has 0 saturated heterocycles. The summed E-state index contributed by atoms with van der Waals surface area (Å²) in [5.41, 5.74) is 4.74. The third-order valence-electron chi connectivity index (χ3n) is 4.21. The molecule has 3 aromatic carbocycles. The van der Waals surface area contributed by atoms with Gasteiger partial charge in [-0.15, -0.1) is 0 Å². The summed E-state index contributed by atoms with van der Waals surface area (Å²) in [4.78, 5) is 23.9. The lowest BCUT2D eigenvalue weighted by Crippen LogP contribution is -2.39. The molecule has 0 spiro atoms. The van der Waals surface area contributed by atoms with Crippen LogP contribution in [0.5, 0.6) is 0 Å². The second kappa shape index (κ2) is 9.94. The largest absolute Gasteiger partial charge is 0.356 e. The summed E-state index contributed by atoms with van der Waals surface area (Å²) in [7, 11) is 0. The van der Waals surface area contributed by atoms with E-state index in [1.807, 2.05) is 73.7 Å². The zero-order valence-corrected chi connectivity index (χ0v) is 16.2. The molecule has 0 fully saturated rings. The molecule has 3 aromatic rings. The summed E-state index contributed by atoms with van der Waals surface area (Å²) in [5, 5.41) is 11.3. The summed E-state index contributed by atoms with van der Waals surface area (Å²) in [6, 6.07) is 24.7. The number of aryl methyl sites for hydroxylation is 1. The molecular formula is C23H24N4O2. The third-order valence-corrected chi connectivity index (χ3v) is 4.21. The molecule has 0 aliphatic heterocycles. The molecule has 0 aliphatic carbocycles. The first-order chi connectivity index (χ1) is 14.1. The van der Waals surface area contributed by atoms with Crippen LogP contribution in [0.4, 0.5) is 21.9 Å². The fourth-order valence-corrected chi connectivity index (χ4v) is 2.64. The van der Waals surface area contributed by atoms with E-state index in [2.05, 4.69) is 21.3 Å². The molecule has 148 valence electrons.